The zero-order chi connectivity index (χ0) is 18.6. The highest BCUT2D eigenvalue weighted by atomic mass is 19.4. The van der Waals surface area contributed by atoms with Gasteiger partial charge in [-0.1, -0.05) is 18.2 Å². The van der Waals surface area contributed by atoms with Crippen LogP contribution in [0.3, 0.4) is 0 Å². The minimum atomic E-state index is -4.73. The first kappa shape index (κ1) is 18.3. The minimum Gasteiger partial charge on any atom is -0.405 e. The lowest BCUT2D eigenvalue weighted by atomic mass is 10.1. The van der Waals surface area contributed by atoms with E-state index in [1.165, 1.54) is 12.1 Å². The number of anilines is 2. The molecule has 1 fully saturated rings. The summed E-state index contributed by atoms with van der Waals surface area (Å²) >= 11 is 0. The van der Waals surface area contributed by atoms with E-state index < -0.39 is 6.36 Å². The summed E-state index contributed by atoms with van der Waals surface area (Å²) in [5.74, 6) is 0.644. The van der Waals surface area contributed by atoms with Crippen molar-refractivity contribution >= 4 is 11.5 Å². The number of para-hydroxylation sites is 1. The van der Waals surface area contributed by atoms with E-state index in [0.717, 1.165) is 24.6 Å². The molecule has 0 aliphatic carbocycles. The molecular formula is C18H20F3N3O2. The lowest BCUT2D eigenvalue weighted by Gasteiger charge is -2.28. The summed E-state index contributed by atoms with van der Waals surface area (Å²) in [6.07, 6.45) is -3.05. The smallest absolute Gasteiger partial charge is 0.405 e. The lowest BCUT2D eigenvalue weighted by molar-refractivity contribution is -0.274. The number of ether oxygens (including phenoxy) is 2. The third kappa shape index (κ3) is 4.78. The van der Waals surface area contributed by atoms with Gasteiger partial charge in [-0.3, -0.25) is 0 Å². The van der Waals surface area contributed by atoms with E-state index in [1.807, 2.05) is 12.1 Å². The maximum absolute atomic E-state index is 12.6. The summed E-state index contributed by atoms with van der Waals surface area (Å²) in [7, 11) is 0. The summed E-state index contributed by atoms with van der Waals surface area (Å²) < 4.78 is 47.1. The topological polar surface area (TPSA) is 46.6 Å². The van der Waals surface area contributed by atoms with Crippen LogP contribution >= 0.6 is 0 Å². The van der Waals surface area contributed by atoms with Crippen LogP contribution in [-0.2, 0) is 4.74 Å². The number of hydrogen-bond donors (Lipinski definition) is 1. The van der Waals surface area contributed by atoms with Gasteiger partial charge in [-0.15, -0.1) is 13.2 Å². The Labute approximate surface area is 149 Å². The lowest BCUT2D eigenvalue weighted by Crippen LogP contribution is -2.36. The molecule has 5 nitrogen and oxygen atoms in total. The zero-order valence-electron chi connectivity index (χ0n) is 14.3. The van der Waals surface area contributed by atoms with Crippen molar-refractivity contribution in [3.63, 3.8) is 0 Å². The van der Waals surface area contributed by atoms with Crippen LogP contribution in [0, 0.1) is 0 Å². The van der Waals surface area contributed by atoms with Gasteiger partial charge in [-0.25, -0.2) is 4.98 Å². The molecule has 1 atom stereocenters. The molecule has 1 aliphatic rings. The fourth-order valence-corrected chi connectivity index (χ4v) is 2.83. The highest BCUT2D eigenvalue weighted by Gasteiger charge is 2.32. The van der Waals surface area contributed by atoms with Crippen LogP contribution in [-0.4, -0.2) is 37.6 Å². The van der Waals surface area contributed by atoms with Gasteiger partial charge in [0.05, 0.1) is 31.1 Å². The Kier molecular flexibility index (Phi) is 5.51. The molecule has 0 radical (unpaired) electrons. The van der Waals surface area contributed by atoms with Crippen LogP contribution in [0.5, 0.6) is 5.75 Å². The third-order valence-electron chi connectivity index (χ3n) is 4.08. The fourth-order valence-electron chi connectivity index (χ4n) is 2.83. The molecule has 1 saturated heterocycles. The monoisotopic (exact) mass is 367 g/mol. The standard InChI is InChI=1S/C18H20F3N3O2/c1-13(15-4-2-3-5-16(15)26-18(19,20)21)23-14-6-7-17(22-12-14)24-8-10-25-11-9-24/h2-7,12-13,23H,8-11H2,1H3/t13-/m0/s1. The minimum absolute atomic E-state index is 0.210. The van der Waals surface area contributed by atoms with Gasteiger partial charge in [-0.2, -0.15) is 0 Å². The number of rotatable bonds is 5. The summed E-state index contributed by atoms with van der Waals surface area (Å²) in [6, 6.07) is 9.46. The molecule has 0 unspecified atom stereocenters. The molecule has 1 aromatic carbocycles. The molecule has 140 valence electrons. The van der Waals surface area contributed by atoms with Gasteiger partial charge in [0.25, 0.3) is 0 Å². The number of nitrogens with zero attached hydrogens (tertiary/aromatic N) is 2. The molecule has 1 N–H and O–H groups in total. The van der Waals surface area contributed by atoms with E-state index in [4.69, 9.17) is 4.74 Å². The maximum atomic E-state index is 12.6. The third-order valence-corrected chi connectivity index (χ3v) is 4.08. The summed E-state index contributed by atoms with van der Waals surface area (Å²) in [5.41, 5.74) is 1.14. The summed E-state index contributed by atoms with van der Waals surface area (Å²) in [4.78, 5) is 6.56. The van der Waals surface area contributed by atoms with Crippen molar-refractivity contribution in [2.24, 2.45) is 0 Å². The summed E-state index contributed by atoms with van der Waals surface area (Å²) in [6.45, 7) is 4.70. The second kappa shape index (κ2) is 7.82. The van der Waals surface area contributed by atoms with Crippen molar-refractivity contribution in [3.05, 3.63) is 48.2 Å². The van der Waals surface area contributed by atoms with Crippen LogP contribution in [0.15, 0.2) is 42.6 Å². The largest absolute Gasteiger partial charge is 0.573 e. The second-order valence-corrected chi connectivity index (χ2v) is 5.96. The maximum Gasteiger partial charge on any atom is 0.573 e. The Morgan fingerprint density at radius 3 is 2.54 bits per heavy atom. The molecule has 26 heavy (non-hydrogen) atoms. The number of alkyl halides is 3. The Hall–Kier alpha value is -2.48. The van der Waals surface area contributed by atoms with Crippen molar-refractivity contribution in [1.29, 1.82) is 0 Å². The first-order valence-corrected chi connectivity index (χ1v) is 8.32. The molecule has 2 heterocycles. The molecule has 3 rings (SSSR count). The molecule has 1 aliphatic heterocycles. The van der Waals surface area contributed by atoms with Crippen molar-refractivity contribution in [2.75, 3.05) is 36.5 Å². The van der Waals surface area contributed by atoms with Crippen molar-refractivity contribution < 1.29 is 22.6 Å². The number of morpholine rings is 1. The number of pyridine rings is 1. The molecule has 1 aromatic heterocycles. The van der Waals surface area contributed by atoms with E-state index in [1.54, 1.807) is 25.3 Å². The Morgan fingerprint density at radius 1 is 1.15 bits per heavy atom. The average Bonchev–Trinajstić information content (AvgIpc) is 2.62. The van der Waals surface area contributed by atoms with Gasteiger partial charge < -0.3 is 19.7 Å². The number of aromatic nitrogens is 1. The second-order valence-electron chi connectivity index (χ2n) is 5.96. The molecule has 2 aromatic rings. The quantitative estimate of drug-likeness (QED) is 0.866. The van der Waals surface area contributed by atoms with Gasteiger partial charge in [0.15, 0.2) is 0 Å². The fraction of sp³-hybridized carbons (Fsp3) is 0.389. The Morgan fingerprint density at radius 2 is 1.88 bits per heavy atom. The van der Waals surface area contributed by atoms with E-state index in [0.29, 0.717) is 18.8 Å². The number of benzene rings is 1. The molecule has 0 bridgehead atoms. The first-order valence-electron chi connectivity index (χ1n) is 8.32. The predicted octanol–water partition coefficient (Wildman–Crippen LogP) is 3.99. The van der Waals surface area contributed by atoms with Gasteiger partial charge in [0.2, 0.25) is 0 Å². The molecule has 0 spiro atoms. The number of nitrogens with one attached hydrogen (secondary N) is 1. The van der Waals surface area contributed by atoms with Crippen molar-refractivity contribution in [1.82, 2.24) is 4.98 Å². The van der Waals surface area contributed by atoms with E-state index in [2.05, 4.69) is 19.9 Å². The van der Waals surface area contributed by atoms with Gasteiger partial charge in [0.1, 0.15) is 11.6 Å². The molecule has 8 heteroatoms. The van der Waals surface area contributed by atoms with Crippen LogP contribution in [0.4, 0.5) is 24.7 Å². The Balaban J connectivity index is 1.69. The normalized spacial score (nSPS) is 16.2. The average molecular weight is 367 g/mol. The van der Waals surface area contributed by atoms with E-state index in [-0.39, 0.29) is 11.8 Å². The van der Waals surface area contributed by atoms with Crippen molar-refractivity contribution in [3.8, 4) is 5.75 Å². The summed E-state index contributed by atoms with van der Waals surface area (Å²) in [5, 5.41) is 3.16. The highest BCUT2D eigenvalue weighted by Crippen LogP contribution is 2.31. The first-order chi connectivity index (χ1) is 12.4. The van der Waals surface area contributed by atoms with E-state index >= 15 is 0 Å². The molecule has 0 saturated carbocycles. The Bertz CT molecular complexity index is 716. The van der Waals surface area contributed by atoms with Crippen LogP contribution in [0.1, 0.15) is 18.5 Å². The predicted molar refractivity (Wildman–Crippen MR) is 92.4 cm³/mol. The van der Waals surface area contributed by atoms with Gasteiger partial charge >= 0.3 is 6.36 Å². The number of halogens is 3. The zero-order valence-corrected chi connectivity index (χ0v) is 14.3. The van der Waals surface area contributed by atoms with Crippen LogP contribution in [0.25, 0.3) is 0 Å². The highest BCUT2D eigenvalue weighted by molar-refractivity contribution is 5.51. The molecular weight excluding hydrogens is 347 g/mol. The molecule has 0 amide bonds. The van der Waals surface area contributed by atoms with E-state index in [9.17, 15) is 13.2 Å². The van der Waals surface area contributed by atoms with Crippen LogP contribution < -0.4 is 15.0 Å². The SMILES string of the molecule is C[C@H](Nc1ccc(N2CCOCC2)nc1)c1ccccc1OC(F)(F)F. The van der Waals surface area contributed by atoms with Crippen molar-refractivity contribution in [2.45, 2.75) is 19.3 Å². The number of hydrogen-bond acceptors (Lipinski definition) is 5. The van der Waals surface area contributed by atoms with Crippen LogP contribution in [0.2, 0.25) is 0 Å². The van der Waals surface area contributed by atoms with Gasteiger partial charge in [-0.05, 0) is 25.1 Å². The van der Waals surface area contributed by atoms with Gasteiger partial charge in [0, 0.05) is 18.7 Å².